The number of nitrogens with zero attached hydrogens (tertiary/aromatic N) is 3. The molecule has 0 bridgehead atoms. The number of nitrogens with one attached hydrogen (secondary N) is 1. The number of benzene rings is 2. The average Bonchev–Trinajstić information content (AvgIpc) is 2.78. The molecule has 3 aromatic rings. The van der Waals surface area contributed by atoms with Crippen LogP contribution in [0, 0.1) is 11.3 Å². The summed E-state index contributed by atoms with van der Waals surface area (Å²) >= 11 is 3.44. The van der Waals surface area contributed by atoms with Gasteiger partial charge in [-0.05, 0) is 46.3 Å². The van der Waals surface area contributed by atoms with Crippen LogP contribution in [0.15, 0.2) is 64.3 Å². The molecular weight excluding hydrogens is 489 g/mol. The molecule has 0 aliphatic rings. The van der Waals surface area contributed by atoms with Crippen LogP contribution in [0.4, 0.5) is 19.0 Å². The molecule has 0 atom stereocenters. The molecule has 10 heteroatoms. The van der Waals surface area contributed by atoms with E-state index >= 15 is 0 Å². The van der Waals surface area contributed by atoms with Gasteiger partial charge in [0.1, 0.15) is 12.4 Å². The van der Waals surface area contributed by atoms with E-state index in [4.69, 9.17) is 9.47 Å². The summed E-state index contributed by atoms with van der Waals surface area (Å²) in [6, 6.07) is 14.7. The van der Waals surface area contributed by atoms with Crippen molar-refractivity contribution in [3.8, 4) is 17.6 Å². The van der Waals surface area contributed by atoms with Gasteiger partial charge in [0.05, 0.1) is 30.5 Å². The van der Waals surface area contributed by atoms with E-state index < -0.39 is 11.7 Å². The molecular formula is C22H16BrF3N4O2. The fraction of sp³-hybridized carbons (Fsp3) is 0.136. The van der Waals surface area contributed by atoms with Gasteiger partial charge in [0.15, 0.2) is 11.5 Å². The van der Waals surface area contributed by atoms with E-state index in [1.165, 1.54) is 19.4 Å². The Kier molecular flexibility index (Phi) is 7.33. The molecule has 2 aromatic carbocycles. The SMILES string of the molecule is COc1cc(/C=N\Nc2ccc(C(F)(F)F)cn2)c(Br)cc1OCc1ccccc1C#N. The van der Waals surface area contributed by atoms with Crippen molar-refractivity contribution in [3.63, 3.8) is 0 Å². The van der Waals surface area contributed by atoms with Gasteiger partial charge in [-0.15, -0.1) is 0 Å². The number of hydrazone groups is 1. The number of hydrogen-bond donors (Lipinski definition) is 1. The van der Waals surface area contributed by atoms with Crippen molar-refractivity contribution < 1.29 is 22.6 Å². The number of aromatic nitrogens is 1. The van der Waals surface area contributed by atoms with Gasteiger partial charge in [-0.25, -0.2) is 4.98 Å². The second-order valence-electron chi connectivity index (χ2n) is 6.38. The lowest BCUT2D eigenvalue weighted by Crippen LogP contribution is -2.05. The van der Waals surface area contributed by atoms with Crippen molar-refractivity contribution >= 4 is 28.0 Å². The summed E-state index contributed by atoms with van der Waals surface area (Å²) in [4.78, 5) is 3.69. The highest BCUT2D eigenvalue weighted by Crippen LogP contribution is 2.34. The molecule has 0 amide bonds. The Hall–Kier alpha value is -3.58. The molecule has 3 rings (SSSR count). The van der Waals surface area contributed by atoms with Crippen molar-refractivity contribution in [1.29, 1.82) is 5.26 Å². The van der Waals surface area contributed by atoms with Gasteiger partial charge in [0.25, 0.3) is 0 Å². The zero-order chi connectivity index (χ0) is 23.1. The number of nitriles is 1. The van der Waals surface area contributed by atoms with Crippen molar-refractivity contribution in [1.82, 2.24) is 4.98 Å². The van der Waals surface area contributed by atoms with E-state index in [1.54, 1.807) is 24.3 Å². The second-order valence-corrected chi connectivity index (χ2v) is 7.24. The maximum absolute atomic E-state index is 12.6. The van der Waals surface area contributed by atoms with E-state index in [0.717, 1.165) is 17.8 Å². The van der Waals surface area contributed by atoms with E-state index in [1.807, 2.05) is 12.1 Å². The third kappa shape index (κ3) is 5.76. The Balaban J connectivity index is 1.71. The third-order valence-corrected chi connectivity index (χ3v) is 4.96. The highest BCUT2D eigenvalue weighted by Gasteiger charge is 2.30. The zero-order valence-corrected chi connectivity index (χ0v) is 18.2. The van der Waals surface area contributed by atoms with Crippen LogP contribution in [-0.2, 0) is 12.8 Å². The number of rotatable bonds is 7. The fourth-order valence-corrected chi connectivity index (χ4v) is 3.05. The molecule has 1 heterocycles. The first kappa shape index (κ1) is 23.1. The average molecular weight is 505 g/mol. The predicted molar refractivity (Wildman–Crippen MR) is 117 cm³/mol. The van der Waals surface area contributed by atoms with Crippen LogP contribution in [-0.4, -0.2) is 18.3 Å². The monoisotopic (exact) mass is 504 g/mol. The maximum Gasteiger partial charge on any atom is 0.417 e. The van der Waals surface area contributed by atoms with Crippen LogP contribution >= 0.6 is 15.9 Å². The standard InChI is InChI=1S/C22H16BrF3N4O2/c1-31-19-8-16(11-29-30-21-7-6-17(12-28-21)22(24,25)26)18(23)9-20(19)32-13-15-5-3-2-4-14(15)10-27/h2-9,11-12H,13H2,1H3,(H,28,30)/b29-11-. The summed E-state index contributed by atoms with van der Waals surface area (Å²) in [7, 11) is 1.49. The van der Waals surface area contributed by atoms with E-state index in [9.17, 15) is 18.4 Å². The normalized spacial score (nSPS) is 11.2. The first-order valence-corrected chi connectivity index (χ1v) is 9.91. The van der Waals surface area contributed by atoms with E-state index in [0.29, 0.717) is 27.1 Å². The van der Waals surface area contributed by atoms with Crippen LogP contribution in [0.25, 0.3) is 0 Å². The molecule has 0 aliphatic carbocycles. The molecule has 0 unspecified atom stereocenters. The third-order valence-electron chi connectivity index (χ3n) is 4.28. The maximum atomic E-state index is 12.6. The molecule has 32 heavy (non-hydrogen) atoms. The summed E-state index contributed by atoms with van der Waals surface area (Å²) < 4.78 is 49.7. The molecule has 0 saturated heterocycles. The quantitative estimate of drug-likeness (QED) is 0.326. The molecule has 0 radical (unpaired) electrons. The summed E-state index contributed by atoms with van der Waals surface area (Å²) in [6.45, 7) is 0.182. The van der Waals surface area contributed by atoms with Gasteiger partial charge in [-0.2, -0.15) is 23.5 Å². The lowest BCUT2D eigenvalue weighted by Gasteiger charge is -2.13. The van der Waals surface area contributed by atoms with Crippen LogP contribution in [0.3, 0.4) is 0 Å². The van der Waals surface area contributed by atoms with Crippen LogP contribution in [0.2, 0.25) is 0 Å². The molecule has 1 N–H and O–H groups in total. The van der Waals surface area contributed by atoms with Crippen molar-refractivity contribution in [2.75, 3.05) is 12.5 Å². The number of methoxy groups -OCH3 is 1. The minimum absolute atomic E-state index is 0.161. The number of alkyl halides is 3. The summed E-state index contributed by atoms with van der Waals surface area (Å²) in [6.07, 6.45) is -2.26. The smallest absolute Gasteiger partial charge is 0.417 e. The first-order chi connectivity index (χ1) is 15.3. The van der Waals surface area contributed by atoms with Gasteiger partial charge in [-0.3, -0.25) is 5.43 Å². The molecule has 164 valence electrons. The lowest BCUT2D eigenvalue weighted by atomic mass is 10.1. The second kappa shape index (κ2) is 10.2. The summed E-state index contributed by atoms with van der Waals surface area (Å²) in [5.41, 5.74) is 3.64. The first-order valence-electron chi connectivity index (χ1n) is 9.12. The molecule has 0 spiro atoms. The fourth-order valence-electron chi connectivity index (χ4n) is 2.63. The van der Waals surface area contributed by atoms with Gasteiger partial charge in [0, 0.05) is 21.8 Å². The van der Waals surface area contributed by atoms with Crippen LogP contribution < -0.4 is 14.9 Å². The highest BCUT2D eigenvalue weighted by atomic mass is 79.9. The Morgan fingerprint density at radius 1 is 1.19 bits per heavy atom. The minimum Gasteiger partial charge on any atom is -0.493 e. The number of halogens is 4. The Labute approximate surface area is 190 Å². The van der Waals surface area contributed by atoms with Crippen molar-refractivity contribution in [2.45, 2.75) is 12.8 Å². The Morgan fingerprint density at radius 3 is 2.62 bits per heavy atom. The highest BCUT2D eigenvalue weighted by molar-refractivity contribution is 9.10. The number of pyridine rings is 1. The minimum atomic E-state index is -4.45. The zero-order valence-electron chi connectivity index (χ0n) is 16.7. The van der Waals surface area contributed by atoms with Crippen LogP contribution in [0.5, 0.6) is 11.5 Å². The van der Waals surface area contributed by atoms with Crippen molar-refractivity contribution in [3.05, 3.63) is 81.5 Å². The largest absolute Gasteiger partial charge is 0.493 e. The van der Waals surface area contributed by atoms with Gasteiger partial charge < -0.3 is 9.47 Å². The van der Waals surface area contributed by atoms with E-state index in [2.05, 4.69) is 37.5 Å². The Morgan fingerprint density at radius 2 is 1.97 bits per heavy atom. The van der Waals surface area contributed by atoms with Gasteiger partial charge >= 0.3 is 6.18 Å². The molecule has 1 aromatic heterocycles. The molecule has 6 nitrogen and oxygen atoms in total. The van der Waals surface area contributed by atoms with E-state index in [-0.39, 0.29) is 12.4 Å². The summed E-state index contributed by atoms with van der Waals surface area (Å²) in [5, 5.41) is 13.2. The van der Waals surface area contributed by atoms with Crippen molar-refractivity contribution in [2.24, 2.45) is 5.10 Å². The Bertz CT molecular complexity index is 1160. The predicted octanol–water partition coefficient (Wildman–Crippen LogP) is 5.77. The topological polar surface area (TPSA) is 79.5 Å². The number of ether oxygens (including phenoxy) is 2. The lowest BCUT2D eigenvalue weighted by molar-refractivity contribution is -0.137. The molecule has 0 saturated carbocycles. The van der Waals surface area contributed by atoms with Gasteiger partial charge in [-0.1, -0.05) is 18.2 Å². The van der Waals surface area contributed by atoms with Crippen LogP contribution in [0.1, 0.15) is 22.3 Å². The molecule has 0 aliphatic heterocycles. The molecule has 0 fully saturated rings. The number of anilines is 1. The summed E-state index contributed by atoms with van der Waals surface area (Å²) in [5.74, 6) is 1.06. The van der Waals surface area contributed by atoms with Gasteiger partial charge in [0.2, 0.25) is 0 Å². The number of hydrogen-bond acceptors (Lipinski definition) is 6.